The fourth-order valence-corrected chi connectivity index (χ4v) is 3.87. The van der Waals surface area contributed by atoms with Crippen molar-refractivity contribution in [2.75, 3.05) is 6.54 Å². The third-order valence-electron chi connectivity index (χ3n) is 2.62. The van der Waals surface area contributed by atoms with Gasteiger partial charge in [0.05, 0.1) is 50.3 Å². The summed E-state index contributed by atoms with van der Waals surface area (Å²) in [6, 6.07) is 3.99. The van der Waals surface area contributed by atoms with Gasteiger partial charge in [-0.2, -0.15) is 24.1 Å². The molecular weight excluding hydrogens is 659 g/mol. The average molecular weight is 700 g/mol. The van der Waals surface area contributed by atoms with E-state index in [1.807, 2.05) is 45.2 Å². The smallest absolute Gasteiger partial charge is 0.232 e. The molecule has 0 aromatic heterocycles. The first-order valence-electron chi connectivity index (χ1n) is 11.5. The molecular formula is C21H41B2N12P7. The molecule has 0 bridgehead atoms. The molecule has 0 aliphatic rings. The molecule has 0 saturated heterocycles. The summed E-state index contributed by atoms with van der Waals surface area (Å²) in [6.07, 6.45) is 11.6. The Labute approximate surface area is 266 Å². The fraction of sp³-hybridized carbons (Fsp3) is 0.571. The Morgan fingerprint density at radius 2 is 1.50 bits per heavy atom. The Hall–Kier alpha value is -1.88. The second kappa shape index (κ2) is 71.9. The van der Waals surface area contributed by atoms with Gasteiger partial charge in [0.15, 0.2) is 25.6 Å². The van der Waals surface area contributed by atoms with Gasteiger partial charge in [0, 0.05) is 6.42 Å². The van der Waals surface area contributed by atoms with Crippen LogP contribution in [0.25, 0.3) is 4.85 Å². The molecule has 0 aromatic rings. The molecule has 1 atom stereocenters. The van der Waals surface area contributed by atoms with Gasteiger partial charge in [-0.25, -0.2) is 6.57 Å². The minimum atomic E-state index is 0. The fourth-order valence-electron chi connectivity index (χ4n) is 0.856. The van der Waals surface area contributed by atoms with Crippen LogP contribution in [0, 0.1) is 55.8 Å². The van der Waals surface area contributed by atoms with Crippen molar-refractivity contribution in [1.29, 1.82) is 31.2 Å². The largest absolute Gasteiger partial charge is 0.312 e. The van der Waals surface area contributed by atoms with Crippen LogP contribution in [-0.4, -0.2) is 20.7 Å². The maximum Gasteiger partial charge on any atom is 0.232 e. The Kier molecular flexibility index (Phi) is 95.8. The third-order valence-corrected chi connectivity index (χ3v) is 7.49. The van der Waals surface area contributed by atoms with Crippen LogP contribution in [0.15, 0.2) is 61.0 Å². The number of nitriles is 2. The van der Waals surface area contributed by atoms with Crippen molar-refractivity contribution < 1.29 is 0 Å². The number of hydrogen-bond acceptors (Lipinski definition) is 8. The molecule has 0 spiro atoms. The van der Waals surface area contributed by atoms with Crippen molar-refractivity contribution in [3.63, 3.8) is 0 Å². The second-order valence-corrected chi connectivity index (χ2v) is 11.5. The summed E-state index contributed by atoms with van der Waals surface area (Å²) in [5.74, 6) is 0.00463. The van der Waals surface area contributed by atoms with E-state index in [2.05, 4.69) is 48.5 Å². The monoisotopic (exact) mass is 700 g/mol. The van der Waals surface area contributed by atoms with Gasteiger partial charge in [0.1, 0.15) is 0 Å². The molecule has 0 aromatic carbocycles. The minimum absolute atomic E-state index is 0. The summed E-state index contributed by atoms with van der Waals surface area (Å²) < 4.78 is 10.8. The Morgan fingerprint density at radius 3 is 1.74 bits per heavy atom. The summed E-state index contributed by atoms with van der Waals surface area (Å²) >= 11 is 0. The summed E-state index contributed by atoms with van der Waals surface area (Å²) in [7, 11) is 7.18. The quantitative estimate of drug-likeness (QED) is 0.0369. The summed E-state index contributed by atoms with van der Waals surface area (Å²) in [4.78, 5) is 3.09. The van der Waals surface area contributed by atoms with Gasteiger partial charge in [-0.1, -0.05) is 25.7 Å². The average Bonchev–Trinajstić information content (AvgIpc) is 3.01. The Balaban J connectivity index is -0.0000000703. The van der Waals surface area contributed by atoms with E-state index < -0.39 is 0 Å². The molecule has 0 fully saturated rings. The van der Waals surface area contributed by atoms with E-state index >= 15 is 0 Å². The van der Waals surface area contributed by atoms with E-state index in [0.717, 1.165) is 41.6 Å². The van der Waals surface area contributed by atoms with Gasteiger partial charge in [0.25, 0.3) is 0 Å². The van der Waals surface area contributed by atoms with E-state index in [-0.39, 0.29) is 21.9 Å². The maximum absolute atomic E-state index is 8.01. The van der Waals surface area contributed by atoms with Crippen molar-refractivity contribution in [3.8, 4) is 12.1 Å². The van der Waals surface area contributed by atoms with Crippen LogP contribution < -0.4 is 0 Å². The summed E-state index contributed by atoms with van der Waals surface area (Å²) in [5, 5.41) is 49.5. The van der Waals surface area contributed by atoms with Crippen LogP contribution in [0.4, 0.5) is 0 Å². The van der Waals surface area contributed by atoms with Gasteiger partial charge >= 0.3 is 57.1 Å². The minimum Gasteiger partial charge on any atom is -0.312 e. The van der Waals surface area contributed by atoms with Crippen LogP contribution in [0.5, 0.6) is 0 Å². The molecule has 0 amide bonds. The van der Waals surface area contributed by atoms with Gasteiger partial charge in [-0.15, -0.1) is 13.2 Å². The van der Waals surface area contributed by atoms with Gasteiger partial charge in [-0.05, 0) is 26.3 Å². The van der Waals surface area contributed by atoms with E-state index in [0.29, 0.717) is 46.1 Å². The first-order valence-corrected chi connectivity index (χ1v) is 18.9. The Morgan fingerprint density at radius 1 is 0.976 bits per heavy atom. The van der Waals surface area contributed by atoms with Crippen molar-refractivity contribution in [3.05, 3.63) is 48.9 Å². The van der Waals surface area contributed by atoms with Gasteiger partial charge in [-0.3, -0.25) is 20.6 Å². The molecule has 0 radical (unpaired) electrons. The molecule has 12 nitrogen and oxygen atoms in total. The zero-order chi connectivity index (χ0) is 32.7. The second-order valence-electron chi connectivity index (χ2n) is 5.78. The maximum atomic E-state index is 8.01. The molecule has 4 N–H and O–H groups in total. The van der Waals surface area contributed by atoms with Crippen LogP contribution in [-0.2, 0) is 0 Å². The molecule has 226 valence electrons. The molecule has 0 aliphatic heterocycles. The van der Waals surface area contributed by atoms with E-state index in [1.54, 1.807) is 26.1 Å². The third kappa shape index (κ3) is 107. The number of rotatable bonds is 13. The number of nitrogens with one attached hydrogen (secondary N) is 4. The summed E-state index contributed by atoms with van der Waals surface area (Å²) in [6.45, 7) is 21.5. The predicted molar refractivity (Wildman–Crippen MR) is 192 cm³/mol. The first-order chi connectivity index (χ1) is 19.9. The van der Waals surface area contributed by atoms with Crippen LogP contribution in [0.1, 0.15) is 54.4 Å². The van der Waals surface area contributed by atoms with Crippen molar-refractivity contribution >= 4 is 72.0 Å². The Bertz CT molecular complexity index is 913. The normalized spacial score (nSPS) is 10.0. The number of unbranched alkanes of at least 4 members (excludes halogenated alkanes) is 1. The first kappa shape index (κ1) is 56.0. The van der Waals surface area contributed by atoms with Crippen molar-refractivity contribution in [2.45, 2.75) is 67.0 Å². The zero-order valence-electron chi connectivity index (χ0n) is 23.9. The van der Waals surface area contributed by atoms with E-state index in [4.69, 9.17) is 37.7 Å². The van der Waals surface area contributed by atoms with E-state index in [9.17, 15) is 0 Å². The van der Waals surface area contributed by atoms with Crippen molar-refractivity contribution in [2.24, 2.45) is 29.5 Å². The molecule has 0 rings (SSSR count). The standard InChI is InChI=1S/C5H12B2N2.3C5H7N.CH4.H2N4P4.H2N3P3/c1-3-5-7-9-8-6-4-2;1-3-5(2)4-6;1-3-4-5-6-2;1-2-3-4-5-6;;1-5-3-7-8-4-6-2;1-4-3-6-5-2/h3-5H2,1-2H3;3,5H,1H2,2H3;3-4H,5H2,1H3;2H,1,3-4H2;1H4;1-2H;1-2H/b;;4-3+;;;;. The SMILES string of the molecule is C.C=CC(C)C#N.C=CCCC#N.CCB=NN=BCCC.N=PN=PP=N.N=PN=PP=NP=N.[C-]#[N+]C/C=C/C. The molecule has 0 aliphatic carbocycles. The number of allylic oxidation sites excluding steroid dienone is 3. The van der Waals surface area contributed by atoms with Crippen molar-refractivity contribution in [1.82, 2.24) is 0 Å². The van der Waals surface area contributed by atoms with Crippen LogP contribution in [0.3, 0.4) is 0 Å². The van der Waals surface area contributed by atoms with Gasteiger partial charge in [0.2, 0.25) is 6.54 Å². The molecule has 0 saturated carbocycles. The summed E-state index contributed by atoms with van der Waals surface area (Å²) in [5.41, 5.74) is 0. The van der Waals surface area contributed by atoms with Gasteiger partial charge < -0.3 is 4.85 Å². The number of nitrogens with zero attached hydrogens (tertiary/aromatic N) is 8. The van der Waals surface area contributed by atoms with Crippen LogP contribution >= 0.6 is 57.8 Å². The zero-order valence-corrected chi connectivity index (χ0v) is 30.2. The topological polar surface area (TPSA) is 209 Å². The molecule has 1 unspecified atom stereocenters. The molecule has 21 heteroatoms. The van der Waals surface area contributed by atoms with E-state index in [1.165, 1.54) is 0 Å². The predicted octanol–water partition coefficient (Wildman–Crippen LogP) is 14.6. The van der Waals surface area contributed by atoms with Crippen LogP contribution in [0.2, 0.25) is 12.6 Å². The molecule has 42 heavy (non-hydrogen) atoms. The number of hydrogen-bond donors (Lipinski definition) is 4. The molecule has 0 heterocycles.